The number of carbonyl (C=O) groups is 1. The van der Waals surface area contributed by atoms with Crippen molar-refractivity contribution in [3.63, 3.8) is 0 Å². The molecule has 0 radical (unpaired) electrons. The van der Waals surface area contributed by atoms with Gasteiger partial charge < -0.3 is 20.5 Å². The smallest absolute Gasteiger partial charge is 0.269 e. The quantitative estimate of drug-likeness (QED) is 0.611. The van der Waals surface area contributed by atoms with Crippen molar-refractivity contribution in [3.05, 3.63) is 42.1 Å². The van der Waals surface area contributed by atoms with Gasteiger partial charge in [0.15, 0.2) is 0 Å². The Morgan fingerprint density at radius 2 is 1.93 bits per heavy atom. The van der Waals surface area contributed by atoms with Crippen molar-refractivity contribution in [1.82, 2.24) is 25.8 Å². The summed E-state index contributed by atoms with van der Waals surface area (Å²) >= 11 is 0. The number of nitrogens with zero attached hydrogens (tertiary/aromatic N) is 3. The summed E-state index contributed by atoms with van der Waals surface area (Å²) in [5.41, 5.74) is 1.93. The number of hydrogen-bond acceptors (Lipinski definition) is 7. The number of nitrogens with one attached hydrogen (secondary N) is 2. The maximum Gasteiger partial charge on any atom is 0.269 e. The van der Waals surface area contributed by atoms with Crippen LogP contribution in [0.2, 0.25) is 0 Å². The minimum atomic E-state index is -0.274. The standard InChI is InChI=1S/C22H23N5O3/c1-23-22(29)18-5-2-12-8-16(20(28)11-19(12)25-18)17-6-7-21(27-26-17)30-15-9-13-3-4-14(10-15)24-13/h2,5-8,11,13-15,24,28H,3-4,9-10H2,1H3,(H,23,29). The first kappa shape index (κ1) is 18.7. The highest BCUT2D eigenvalue weighted by Gasteiger charge is 2.34. The fourth-order valence-electron chi connectivity index (χ4n) is 4.42. The first-order valence-electron chi connectivity index (χ1n) is 10.2. The highest BCUT2D eigenvalue weighted by molar-refractivity contribution is 5.96. The van der Waals surface area contributed by atoms with Crippen LogP contribution >= 0.6 is 0 Å². The average molecular weight is 405 g/mol. The summed E-state index contributed by atoms with van der Waals surface area (Å²) in [7, 11) is 1.55. The summed E-state index contributed by atoms with van der Waals surface area (Å²) in [5, 5.41) is 25.9. The second-order valence-corrected chi connectivity index (χ2v) is 7.94. The van der Waals surface area contributed by atoms with Gasteiger partial charge in [-0.15, -0.1) is 10.2 Å². The van der Waals surface area contributed by atoms with Crippen molar-refractivity contribution < 1.29 is 14.6 Å². The van der Waals surface area contributed by atoms with Crippen LogP contribution in [0.1, 0.15) is 36.2 Å². The van der Waals surface area contributed by atoms with Crippen LogP contribution in [0.5, 0.6) is 11.6 Å². The van der Waals surface area contributed by atoms with Crippen LogP contribution in [0.25, 0.3) is 22.2 Å². The van der Waals surface area contributed by atoms with Gasteiger partial charge in [-0.3, -0.25) is 4.79 Å². The van der Waals surface area contributed by atoms with Crippen molar-refractivity contribution in [1.29, 1.82) is 0 Å². The number of benzene rings is 1. The van der Waals surface area contributed by atoms with Crippen molar-refractivity contribution >= 4 is 16.8 Å². The van der Waals surface area contributed by atoms with E-state index in [-0.39, 0.29) is 17.8 Å². The SMILES string of the molecule is CNC(=O)c1ccc2cc(-c3ccc(OC4CC5CCC(C4)N5)nn3)c(O)cc2n1. The molecule has 3 N–H and O–H groups in total. The molecule has 8 heteroatoms. The molecule has 2 aromatic heterocycles. The fourth-order valence-corrected chi connectivity index (χ4v) is 4.42. The molecular weight excluding hydrogens is 382 g/mol. The van der Waals surface area contributed by atoms with E-state index in [4.69, 9.17) is 4.74 Å². The molecule has 4 heterocycles. The zero-order valence-electron chi connectivity index (χ0n) is 16.6. The second kappa shape index (κ2) is 7.53. The molecule has 2 aliphatic heterocycles. The van der Waals surface area contributed by atoms with Crippen LogP contribution < -0.4 is 15.4 Å². The molecule has 3 aromatic rings. The van der Waals surface area contributed by atoms with Gasteiger partial charge in [-0.05, 0) is 43.9 Å². The van der Waals surface area contributed by atoms with Gasteiger partial charge in [-0.2, -0.15) is 0 Å². The molecular formula is C22H23N5O3. The van der Waals surface area contributed by atoms with Crippen LogP contribution in [0.4, 0.5) is 0 Å². The number of hydrogen-bond donors (Lipinski definition) is 3. The number of fused-ring (bicyclic) bond motifs is 3. The van der Waals surface area contributed by atoms with Crippen molar-refractivity contribution in [2.45, 2.75) is 43.9 Å². The predicted octanol–water partition coefficient (Wildman–Crippen LogP) is 2.42. The molecule has 2 aliphatic rings. The van der Waals surface area contributed by atoms with Gasteiger partial charge in [0, 0.05) is 42.2 Å². The summed E-state index contributed by atoms with van der Waals surface area (Å²) in [6.45, 7) is 0. The average Bonchev–Trinajstić information content (AvgIpc) is 3.11. The van der Waals surface area contributed by atoms with E-state index in [0.717, 1.165) is 18.2 Å². The number of pyridine rings is 1. The monoisotopic (exact) mass is 405 g/mol. The van der Waals surface area contributed by atoms with E-state index in [0.29, 0.717) is 40.4 Å². The molecule has 2 atom stereocenters. The summed E-state index contributed by atoms with van der Waals surface area (Å²) < 4.78 is 6.05. The zero-order valence-corrected chi connectivity index (χ0v) is 16.6. The highest BCUT2D eigenvalue weighted by Crippen LogP contribution is 2.33. The molecule has 2 unspecified atom stereocenters. The molecule has 2 fully saturated rings. The molecule has 0 aliphatic carbocycles. The number of piperidine rings is 1. The number of rotatable bonds is 4. The molecule has 8 nitrogen and oxygen atoms in total. The molecule has 2 saturated heterocycles. The minimum Gasteiger partial charge on any atom is -0.507 e. The molecule has 30 heavy (non-hydrogen) atoms. The zero-order chi connectivity index (χ0) is 20.7. The summed E-state index contributed by atoms with van der Waals surface area (Å²) in [6.07, 6.45) is 4.59. The van der Waals surface area contributed by atoms with E-state index in [1.54, 1.807) is 37.4 Å². The largest absolute Gasteiger partial charge is 0.507 e. The molecule has 2 bridgehead atoms. The number of aromatic hydroxyl groups is 1. The Hall–Kier alpha value is -3.26. The molecule has 0 spiro atoms. The second-order valence-electron chi connectivity index (χ2n) is 7.94. The van der Waals surface area contributed by atoms with Gasteiger partial charge in [0.2, 0.25) is 5.88 Å². The molecule has 1 amide bonds. The van der Waals surface area contributed by atoms with Crippen LogP contribution in [0.3, 0.4) is 0 Å². The van der Waals surface area contributed by atoms with Gasteiger partial charge in [0.25, 0.3) is 5.91 Å². The fraction of sp³-hybridized carbons (Fsp3) is 0.364. The normalized spacial score (nSPS) is 22.8. The van der Waals surface area contributed by atoms with E-state index in [2.05, 4.69) is 25.8 Å². The molecule has 154 valence electrons. The van der Waals surface area contributed by atoms with Gasteiger partial charge in [0.1, 0.15) is 17.5 Å². The summed E-state index contributed by atoms with van der Waals surface area (Å²) in [6, 6.07) is 11.5. The van der Waals surface area contributed by atoms with E-state index < -0.39 is 0 Å². The first-order chi connectivity index (χ1) is 14.6. The molecule has 5 rings (SSSR count). The van der Waals surface area contributed by atoms with Crippen LogP contribution in [-0.2, 0) is 0 Å². The molecule has 0 saturated carbocycles. The number of phenols is 1. The van der Waals surface area contributed by atoms with Gasteiger partial charge >= 0.3 is 0 Å². The van der Waals surface area contributed by atoms with Gasteiger partial charge in [-0.1, -0.05) is 6.07 Å². The number of amides is 1. The Kier molecular flexibility index (Phi) is 4.71. The van der Waals surface area contributed by atoms with E-state index in [1.807, 2.05) is 0 Å². The number of aromatic nitrogens is 3. The first-order valence-corrected chi connectivity index (χ1v) is 10.2. The third-order valence-electron chi connectivity index (χ3n) is 5.90. The van der Waals surface area contributed by atoms with Crippen LogP contribution in [-0.4, -0.2) is 51.4 Å². The maximum absolute atomic E-state index is 11.8. The number of carbonyl (C=O) groups excluding carboxylic acids is 1. The highest BCUT2D eigenvalue weighted by atomic mass is 16.5. The van der Waals surface area contributed by atoms with E-state index >= 15 is 0 Å². The maximum atomic E-state index is 11.8. The summed E-state index contributed by atoms with van der Waals surface area (Å²) in [4.78, 5) is 16.1. The minimum absolute atomic E-state index is 0.0296. The van der Waals surface area contributed by atoms with Crippen molar-refractivity contribution in [2.24, 2.45) is 0 Å². The lowest BCUT2D eigenvalue weighted by atomic mass is 10.0. The lowest BCUT2D eigenvalue weighted by Crippen LogP contribution is -2.42. The lowest BCUT2D eigenvalue weighted by molar-refractivity contribution is 0.0958. The van der Waals surface area contributed by atoms with E-state index in [9.17, 15) is 9.90 Å². The number of phenolic OH excluding ortho intramolecular Hbond substituents is 1. The Bertz CT molecular complexity index is 1090. The third kappa shape index (κ3) is 3.54. The van der Waals surface area contributed by atoms with Gasteiger partial charge in [0.05, 0.1) is 11.2 Å². The Morgan fingerprint density at radius 1 is 1.13 bits per heavy atom. The lowest BCUT2D eigenvalue weighted by Gasteiger charge is -2.28. The van der Waals surface area contributed by atoms with Crippen LogP contribution in [0.15, 0.2) is 36.4 Å². The topological polar surface area (TPSA) is 109 Å². The Balaban J connectivity index is 1.37. The van der Waals surface area contributed by atoms with Crippen molar-refractivity contribution in [2.75, 3.05) is 7.05 Å². The summed E-state index contributed by atoms with van der Waals surface area (Å²) in [5.74, 6) is 0.257. The Labute approximate surface area is 173 Å². The van der Waals surface area contributed by atoms with Crippen LogP contribution in [0, 0.1) is 0 Å². The predicted molar refractivity (Wildman–Crippen MR) is 111 cm³/mol. The Morgan fingerprint density at radius 3 is 2.63 bits per heavy atom. The number of ether oxygens (including phenoxy) is 1. The molecule has 1 aromatic carbocycles. The van der Waals surface area contributed by atoms with E-state index in [1.165, 1.54) is 18.9 Å². The third-order valence-corrected chi connectivity index (χ3v) is 5.90. The van der Waals surface area contributed by atoms with Crippen molar-refractivity contribution in [3.8, 4) is 22.9 Å². The van der Waals surface area contributed by atoms with Gasteiger partial charge in [-0.25, -0.2) is 4.98 Å².